The summed E-state index contributed by atoms with van der Waals surface area (Å²) in [7, 11) is 2.53. The molecule has 0 aliphatic carbocycles. The molecular formula is C14H21N3O5S. The Labute approximate surface area is 138 Å². The number of nitrogens with zero attached hydrogens (tertiary/aromatic N) is 1. The van der Waals surface area contributed by atoms with Crippen LogP contribution in [0.1, 0.15) is 26.0 Å². The second-order valence-corrected chi connectivity index (χ2v) is 6.06. The predicted molar refractivity (Wildman–Crippen MR) is 85.2 cm³/mol. The Morgan fingerprint density at radius 1 is 1.26 bits per heavy atom. The third kappa shape index (κ3) is 6.64. The topological polar surface area (TPSA) is 107 Å². The highest BCUT2D eigenvalue weighted by molar-refractivity contribution is 7.13. The molecule has 2 N–H and O–H groups in total. The number of hydrogen-bond donors (Lipinski definition) is 2. The maximum absolute atomic E-state index is 12.3. The molecule has 1 aromatic heterocycles. The first-order valence-electron chi connectivity index (χ1n) is 7.02. The Morgan fingerprint density at radius 2 is 1.96 bits per heavy atom. The van der Waals surface area contributed by atoms with Crippen molar-refractivity contribution >= 4 is 34.4 Å². The molecule has 8 nitrogen and oxygen atoms in total. The number of amides is 2. The van der Waals surface area contributed by atoms with Crippen LogP contribution in [0.2, 0.25) is 0 Å². The fourth-order valence-electron chi connectivity index (χ4n) is 1.76. The van der Waals surface area contributed by atoms with Crippen molar-refractivity contribution in [1.82, 2.24) is 10.3 Å². The number of anilines is 1. The highest BCUT2D eigenvalue weighted by Crippen LogP contribution is 2.17. The van der Waals surface area contributed by atoms with Crippen LogP contribution in [0.15, 0.2) is 5.38 Å². The molecule has 1 rings (SSSR count). The van der Waals surface area contributed by atoms with E-state index in [1.54, 1.807) is 5.38 Å². The molecule has 1 aromatic rings. The molecule has 0 fully saturated rings. The van der Waals surface area contributed by atoms with E-state index in [4.69, 9.17) is 0 Å². The molecule has 0 saturated carbocycles. The van der Waals surface area contributed by atoms with E-state index in [1.807, 2.05) is 13.8 Å². The van der Waals surface area contributed by atoms with Gasteiger partial charge in [-0.05, 0) is 12.3 Å². The summed E-state index contributed by atoms with van der Waals surface area (Å²) in [5.41, 5.74) is 0.512. The van der Waals surface area contributed by atoms with E-state index in [9.17, 15) is 14.4 Å². The highest BCUT2D eigenvalue weighted by Gasteiger charge is 2.23. The fourth-order valence-corrected chi connectivity index (χ4v) is 2.48. The van der Waals surface area contributed by atoms with Crippen molar-refractivity contribution in [2.45, 2.75) is 32.7 Å². The number of esters is 1. The summed E-state index contributed by atoms with van der Waals surface area (Å²) in [5, 5.41) is 7.15. The second kappa shape index (κ2) is 9.09. The summed E-state index contributed by atoms with van der Waals surface area (Å²) in [6.07, 6.45) is -0.170. The fraction of sp³-hybridized carbons (Fsp3) is 0.571. The maximum atomic E-state index is 12.3. The molecule has 1 heterocycles. The lowest BCUT2D eigenvalue weighted by molar-refractivity contribution is -0.139. The van der Waals surface area contributed by atoms with Crippen molar-refractivity contribution in [3.05, 3.63) is 11.1 Å². The highest BCUT2D eigenvalue weighted by atomic mass is 32.1. The summed E-state index contributed by atoms with van der Waals surface area (Å²) in [4.78, 5) is 39.0. The van der Waals surface area contributed by atoms with E-state index >= 15 is 0 Å². The smallest absolute Gasteiger partial charge is 0.407 e. The summed E-state index contributed by atoms with van der Waals surface area (Å²) < 4.78 is 9.09. The molecule has 128 valence electrons. The summed E-state index contributed by atoms with van der Waals surface area (Å²) in [5.74, 6) is -0.588. The van der Waals surface area contributed by atoms with Crippen LogP contribution in [0.4, 0.5) is 9.93 Å². The Hall–Kier alpha value is -2.16. The van der Waals surface area contributed by atoms with Crippen LogP contribution in [0, 0.1) is 5.92 Å². The minimum absolute atomic E-state index is 0.0404. The molecule has 0 spiro atoms. The Kier molecular flexibility index (Phi) is 7.46. The van der Waals surface area contributed by atoms with Gasteiger partial charge in [-0.3, -0.25) is 9.59 Å². The van der Waals surface area contributed by atoms with E-state index < -0.39 is 18.1 Å². The first kappa shape index (κ1) is 18.9. The molecule has 0 aliphatic rings. The number of aromatic nitrogens is 1. The molecule has 2 amide bonds. The molecule has 0 bridgehead atoms. The van der Waals surface area contributed by atoms with Crippen LogP contribution in [-0.4, -0.2) is 43.2 Å². The summed E-state index contributed by atoms with van der Waals surface area (Å²) >= 11 is 1.20. The van der Waals surface area contributed by atoms with E-state index in [1.165, 1.54) is 25.6 Å². The molecule has 0 aliphatic heterocycles. The van der Waals surface area contributed by atoms with Gasteiger partial charge < -0.3 is 20.1 Å². The van der Waals surface area contributed by atoms with Gasteiger partial charge in [0.2, 0.25) is 5.91 Å². The van der Waals surface area contributed by atoms with Gasteiger partial charge in [0, 0.05) is 5.38 Å². The van der Waals surface area contributed by atoms with Gasteiger partial charge >= 0.3 is 12.1 Å². The number of rotatable bonds is 7. The average molecular weight is 343 g/mol. The number of alkyl carbamates (subject to hydrolysis) is 1. The number of thiazole rings is 1. The average Bonchev–Trinajstić information content (AvgIpc) is 2.92. The van der Waals surface area contributed by atoms with Crippen LogP contribution >= 0.6 is 11.3 Å². The van der Waals surface area contributed by atoms with Gasteiger partial charge in [0.05, 0.1) is 26.3 Å². The largest absolute Gasteiger partial charge is 0.469 e. The molecular weight excluding hydrogens is 322 g/mol. The van der Waals surface area contributed by atoms with Gasteiger partial charge in [0.1, 0.15) is 6.04 Å². The van der Waals surface area contributed by atoms with Crippen LogP contribution in [0.25, 0.3) is 0 Å². The third-order valence-corrected chi connectivity index (χ3v) is 3.64. The van der Waals surface area contributed by atoms with Gasteiger partial charge in [-0.15, -0.1) is 11.3 Å². The van der Waals surface area contributed by atoms with E-state index in [-0.39, 0.29) is 18.2 Å². The third-order valence-electron chi connectivity index (χ3n) is 2.84. The maximum Gasteiger partial charge on any atom is 0.407 e. The lowest BCUT2D eigenvalue weighted by Crippen LogP contribution is -2.44. The molecule has 0 aromatic carbocycles. The minimum atomic E-state index is -0.726. The lowest BCUT2D eigenvalue weighted by Gasteiger charge is -2.18. The van der Waals surface area contributed by atoms with E-state index in [0.29, 0.717) is 17.2 Å². The molecule has 9 heteroatoms. The van der Waals surface area contributed by atoms with Crippen LogP contribution in [0.3, 0.4) is 0 Å². The normalized spacial score (nSPS) is 11.7. The number of nitrogens with one attached hydrogen (secondary N) is 2. The number of carbonyl (C=O) groups excluding carboxylic acids is 3. The second-order valence-electron chi connectivity index (χ2n) is 5.20. The van der Waals surface area contributed by atoms with Gasteiger partial charge in [0.25, 0.3) is 0 Å². The Balaban J connectivity index is 2.70. The predicted octanol–water partition coefficient (Wildman–Crippen LogP) is 1.57. The molecule has 0 radical (unpaired) electrons. The monoisotopic (exact) mass is 343 g/mol. The van der Waals surface area contributed by atoms with Crippen molar-refractivity contribution in [3.63, 3.8) is 0 Å². The van der Waals surface area contributed by atoms with Gasteiger partial charge in [-0.1, -0.05) is 13.8 Å². The van der Waals surface area contributed by atoms with Crippen molar-refractivity contribution in [2.75, 3.05) is 19.5 Å². The molecule has 0 saturated heterocycles. The zero-order chi connectivity index (χ0) is 17.4. The van der Waals surface area contributed by atoms with Gasteiger partial charge in [-0.2, -0.15) is 0 Å². The number of ether oxygens (including phenoxy) is 2. The van der Waals surface area contributed by atoms with E-state index in [2.05, 4.69) is 25.1 Å². The summed E-state index contributed by atoms with van der Waals surface area (Å²) in [6, 6.07) is -0.726. The SMILES string of the molecule is COC(=O)Cc1csc(NC(=O)[C@H](CC(C)C)NC(=O)OC)n1. The van der Waals surface area contributed by atoms with Crippen molar-refractivity contribution < 1.29 is 23.9 Å². The molecule has 1 atom stereocenters. The molecule has 23 heavy (non-hydrogen) atoms. The van der Waals surface area contributed by atoms with Crippen LogP contribution < -0.4 is 10.6 Å². The van der Waals surface area contributed by atoms with Crippen molar-refractivity contribution in [1.29, 1.82) is 0 Å². The van der Waals surface area contributed by atoms with Gasteiger partial charge in [-0.25, -0.2) is 9.78 Å². The minimum Gasteiger partial charge on any atom is -0.469 e. The standard InChI is InChI=1S/C14H21N3O5S/c1-8(2)5-10(16-14(20)22-4)12(19)17-13-15-9(7-23-13)6-11(18)21-3/h7-8,10H,5-6H2,1-4H3,(H,16,20)(H,15,17,19)/t10-/m0/s1. The zero-order valence-electron chi connectivity index (χ0n) is 13.5. The Bertz CT molecular complexity index is 558. The van der Waals surface area contributed by atoms with Crippen LogP contribution in [0.5, 0.6) is 0 Å². The summed E-state index contributed by atoms with van der Waals surface area (Å²) in [6.45, 7) is 3.88. The van der Waals surface area contributed by atoms with Crippen molar-refractivity contribution in [2.24, 2.45) is 5.92 Å². The number of hydrogen-bond acceptors (Lipinski definition) is 7. The van der Waals surface area contributed by atoms with Crippen molar-refractivity contribution in [3.8, 4) is 0 Å². The quantitative estimate of drug-likeness (QED) is 0.728. The van der Waals surface area contributed by atoms with Gasteiger partial charge in [0.15, 0.2) is 5.13 Å². The first-order chi connectivity index (χ1) is 10.8. The number of carbonyl (C=O) groups is 3. The Morgan fingerprint density at radius 3 is 2.52 bits per heavy atom. The lowest BCUT2D eigenvalue weighted by atomic mass is 10.0. The first-order valence-corrected chi connectivity index (χ1v) is 7.90. The number of methoxy groups -OCH3 is 2. The van der Waals surface area contributed by atoms with Crippen LogP contribution in [-0.2, 0) is 25.5 Å². The van der Waals surface area contributed by atoms with E-state index in [0.717, 1.165) is 0 Å². The zero-order valence-corrected chi connectivity index (χ0v) is 14.4. The molecule has 0 unspecified atom stereocenters.